The van der Waals surface area contributed by atoms with Crippen LogP contribution in [0.4, 0.5) is 0 Å². The fourth-order valence-corrected chi connectivity index (χ4v) is 3.20. The Morgan fingerprint density at radius 3 is 2.67 bits per heavy atom. The summed E-state index contributed by atoms with van der Waals surface area (Å²) in [5.74, 6) is 0.874. The second-order valence-electron chi connectivity index (χ2n) is 5.39. The van der Waals surface area contributed by atoms with Gasteiger partial charge in [0.15, 0.2) is 0 Å². The highest BCUT2D eigenvalue weighted by Crippen LogP contribution is 2.24. The predicted molar refractivity (Wildman–Crippen MR) is 65.5 cm³/mol. The van der Waals surface area contributed by atoms with Crippen molar-refractivity contribution < 1.29 is 0 Å². The fourth-order valence-electron chi connectivity index (χ4n) is 2.89. The third-order valence-corrected chi connectivity index (χ3v) is 4.29. The minimum absolute atomic E-state index is 0.389. The van der Waals surface area contributed by atoms with E-state index in [1.807, 2.05) is 0 Å². The lowest BCUT2D eigenvalue weighted by Crippen LogP contribution is -2.45. The lowest BCUT2D eigenvalue weighted by atomic mass is 10.0. The van der Waals surface area contributed by atoms with E-state index < -0.39 is 0 Å². The molecule has 0 aromatic carbocycles. The molecule has 0 saturated carbocycles. The zero-order valence-electron chi connectivity index (χ0n) is 9.95. The number of piperidine rings is 1. The molecule has 3 unspecified atom stereocenters. The van der Waals surface area contributed by atoms with Crippen LogP contribution in [-0.4, -0.2) is 54.4 Å². The SMILES string of the molecule is CC1CCC(Cl)CN1CC1CCN(C)C1. The first-order chi connectivity index (χ1) is 7.15. The highest BCUT2D eigenvalue weighted by molar-refractivity contribution is 6.20. The molecule has 3 atom stereocenters. The van der Waals surface area contributed by atoms with Gasteiger partial charge in [-0.3, -0.25) is 4.90 Å². The molecule has 2 aliphatic heterocycles. The summed E-state index contributed by atoms with van der Waals surface area (Å²) in [5.41, 5.74) is 0. The lowest BCUT2D eigenvalue weighted by molar-refractivity contribution is 0.140. The fraction of sp³-hybridized carbons (Fsp3) is 1.00. The van der Waals surface area contributed by atoms with Gasteiger partial charge in [-0.05, 0) is 45.7 Å². The number of rotatable bonds is 2. The monoisotopic (exact) mass is 230 g/mol. The van der Waals surface area contributed by atoms with Crippen LogP contribution in [0.1, 0.15) is 26.2 Å². The summed E-state index contributed by atoms with van der Waals surface area (Å²) in [6.45, 7) is 7.26. The van der Waals surface area contributed by atoms with Crippen LogP contribution in [0.5, 0.6) is 0 Å². The summed E-state index contributed by atoms with van der Waals surface area (Å²) >= 11 is 6.24. The highest BCUT2D eigenvalue weighted by atomic mass is 35.5. The number of hydrogen-bond donors (Lipinski definition) is 0. The predicted octanol–water partition coefficient (Wildman–Crippen LogP) is 2.03. The molecule has 2 nitrogen and oxygen atoms in total. The Balaban J connectivity index is 1.82. The molecule has 0 bridgehead atoms. The van der Waals surface area contributed by atoms with Crippen molar-refractivity contribution in [3.05, 3.63) is 0 Å². The Labute approximate surface area is 98.6 Å². The van der Waals surface area contributed by atoms with Crippen molar-refractivity contribution in [2.75, 3.05) is 33.2 Å². The van der Waals surface area contributed by atoms with Crippen molar-refractivity contribution in [3.63, 3.8) is 0 Å². The Kier molecular flexibility index (Phi) is 3.92. The second kappa shape index (κ2) is 5.03. The average Bonchev–Trinajstić information content (AvgIpc) is 2.58. The molecule has 3 heteroatoms. The van der Waals surface area contributed by atoms with Crippen LogP contribution in [0.25, 0.3) is 0 Å². The molecular formula is C12H23ClN2. The summed E-state index contributed by atoms with van der Waals surface area (Å²) in [6.07, 6.45) is 3.84. The van der Waals surface area contributed by atoms with Crippen LogP contribution in [0, 0.1) is 5.92 Å². The van der Waals surface area contributed by atoms with Crippen molar-refractivity contribution in [2.24, 2.45) is 5.92 Å². The van der Waals surface area contributed by atoms with Crippen molar-refractivity contribution >= 4 is 11.6 Å². The number of likely N-dealkylation sites (tertiary alicyclic amines) is 2. The van der Waals surface area contributed by atoms with Crippen LogP contribution in [0.15, 0.2) is 0 Å². The standard InChI is InChI=1S/C12H23ClN2/c1-10-3-4-12(13)9-15(10)8-11-5-6-14(2)7-11/h10-12H,3-9H2,1-2H3. The van der Waals surface area contributed by atoms with Crippen molar-refractivity contribution in [1.29, 1.82) is 0 Å². The smallest absolute Gasteiger partial charge is 0.0463 e. The molecule has 2 rings (SSSR count). The molecule has 2 fully saturated rings. The normalized spacial score (nSPS) is 39.8. The van der Waals surface area contributed by atoms with Crippen LogP contribution in [0.3, 0.4) is 0 Å². The van der Waals surface area contributed by atoms with Crippen LogP contribution >= 0.6 is 11.6 Å². The van der Waals surface area contributed by atoms with Crippen molar-refractivity contribution in [2.45, 2.75) is 37.6 Å². The van der Waals surface area contributed by atoms with E-state index in [0.717, 1.165) is 18.5 Å². The quantitative estimate of drug-likeness (QED) is 0.670. The van der Waals surface area contributed by atoms with Gasteiger partial charge in [0, 0.05) is 31.1 Å². The van der Waals surface area contributed by atoms with Gasteiger partial charge >= 0.3 is 0 Å². The zero-order valence-corrected chi connectivity index (χ0v) is 10.7. The largest absolute Gasteiger partial charge is 0.306 e. The second-order valence-corrected chi connectivity index (χ2v) is 6.01. The molecular weight excluding hydrogens is 208 g/mol. The molecule has 0 N–H and O–H groups in total. The lowest BCUT2D eigenvalue weighted by Gasteiger charge is -2.37. The molecule has 2 saturated heterocycles. The average molecular weight is 231 g/mol. The van der Waals surface area contributed by atoms with E-state index in [1.165, 1.54) is 38.9 Å². The number of alkyl halides is 1. The zero-order chi connectivity index (χ0) is 10.8. The van der Waals surface area contributed by atoms with Gasteiger partial charge in [0.05, 0.1) is 0 Å². The van der Waals surface area contributed by atoms with Crippen molar-refractivity contribution in [1.82, 2.24) is 9.80 Å². The van der Waals surface area contributed by atoms with Crippen molar-refractivity contribution in [3.8, 4) is 0 Å². The molecule has 88 valence electrons. The molecule has 2 heterocycles. The maximum atomic E-state index is 6.24. The maximum Gasteiger partial charge on any atom is 0.0463 e. The highest BCUT2D eigenvalue weighted by Gasteiger charge is 2.28. The van der Waals surface area contributed by atoms with Gasteiger partial charge in [0.1, 0.15) is 0 Å². The van der Waals surface area contributed by atoms with E-state index in [-0.39, 0.29) is 0 Å². The molecule has 0 amide bonds. The first kappa shape index (κ1) is 11.7. The van der Waals surface area contributed by atoms with Crippen LogP contribution < -0.4 is 0 Å². The van der Waals surface area contributed by atoms with Gasteiger partial charge in [-0.1, -0.05) is 0 Å². The molecule has 0 spiro atoms. The van der Waals surface area contributed by atoms with Gasteiger partial charge in [0.2, 0.25) is 0 Å². The Bertz CT molecular complexity index is 210. The summed E-state index contributed by atoms with van der Waals surface area (Å²) in [4.78, 5) is 5.04. The minimum atomic E-state index is 0.389. The van der Waals surface area contributed by atoms with Gasteiger partial charge in [-0.2, -0.15) is 0 Å². The van der Waals surface area contributed by atoms with E-state index in [2.05, 4.69) is 23.8 Å². The summed E-state index contributed by atoms with van der Waals surface area (Å²) in [7, 11) is 2.23. The topological polar surface area (TPSA) is 6.48 Å². The van der Waals surface area contributed by atoms with E-state index in [4.69, 9.17) is 11.6 Å². The minimum Gasteiger partial charge on any atom is -0.306 e. The number of hydrogen-bond acceptors (Lipinski definition) is 2. The molecule has 2 aliphatic rings. The molecule has 0 radical (unpaired) electrons. The number of halogens is 1. The molecule has 0 aliphatic carbocycles. The molecule has 0 aromatic rings. The van der Waals surface area contributed by atoms with E-state index in [9.17, 15) is 0 Å². The van der Waals surface area contributed by atoms with Gasteiger partial charge in [-0.25, -0.2) is 0 Å². The first-order valence-electron chi connectivity index (χ1n) is 6.22. The Morgan fingerprint density at radius 1 is 1.20 bits per heavy atom. The van der Waals surface area contributed by atoms with E-state index in [0.29, 0.717) is 5.38 Å². The van der Waals surface area contributed by atoms with Crippen LogP contribution in [-0.2, 0) is 0 Å². The maximum absolute atomic E-state index is 6.24. The number of nitrogens with zero attached hydrogens (tertiary/aromatic N) is 2. The van der Waals surface area contributed by atoms with Crippen LogP contribution in [0.2, 0.25) is 0 Å². The summed E-state index contributed by atoms with van der Waals surface area (Å²) < 4.78 is 0. The van der Waals surface area contributed by atoms with Gasteiger partial charge in [0.25, 0.3) is 0 Å². The van der Waals surface area contributed by atoms with E-state index in [1.54, 1.807) is 0 Å². The third-order valence-electron chi connectivity index (χ3n) is 3.94. The molecule has 15 heavy (non-hydrogen) atoms. The Morgan fingerprint density at radius 2 is 2.00 bits per heavy atom. The van der Waals surface area contributed by atoms with Gasteiger partial charge < -0.3 is 4.90 Å². The third kappa shape index (κ3) is 3.08. The Hall–Kier alpha value is 0.210. The first-order valence-corrected chi connectivity index (χ1v) is 6.65. The van der Waals surface area contributed by atoms with E-state index >= 15 is 0 Å². The molecule has 0 aromatic heterocycles. The van der Waals surface area contributed by atoms with Gasteiger partial charge in [-0.15, -0.1) is 11.6 Å². The summed E-state index contributed by atoms with van der Waals surface area (Å²) in [5, 5.41) is 0.389. The summed E-state index contributed by atoms with van der Waals surface area (Å²) in [6, 6.07) is 0.742.